The monoisotopic (exact) mass is 254 g/mol. The van der Waals surface area contributed by atoms with E-state index in [0.29, 0.717) is 6.61 Å². The first kappa shape index (κ1) is 12.5. The number of hydrogen-bond donors (Lipinski definition) is 1. The van der Waals surface area contributed by atoms with E-state index in [0.717, 1.165) is 31.1 Å². The van der Waals surface area contributed by atoms with E-state index in [1.807, 2.05) is 24.4 Å². The van der Waals surface area contributed by atoms with Crippen LogP contribution in [0.15, 0.2) is 17.5 Å². The van der Waals surface area contributed by atoms with Gasteiger partial charge < -0.3 is 10.1 Å². The zero-order valence-corrected chi connectivity index (χ0v) is 10.8. The fourth-order valence-corrected chi connectivity index (χ4v) is 2.90. The fourth-order valence-electron chi connectivity index (χ4n) is 2.05. The lowest BCUT2D eigenvalue weighted by Gasteiger charge is -2.32. The average Bonchev–Trinajstić information content (AvgIpc) is 2.85. The average molecular weight is 254 g/mol. The number of rotatable bonds is 4. The topological polar surface area (TPSA) is 41.6 Å². The van der Waals surface area contributed by atoms with Gasteiger partial charge in [0.25, 0.3) is 0 Å². The summed E-state index contributed by atoms with van der Waals surface area (Å²) in [4.78, 5) is 15.3. The maximum atomic E-state index is 12.1. The third-order valence-corrected chi connectivity index (χ3v) is 3.76. The number of carbonyl (C=O) groups is 1. The van der Waals surface area contributed by atoms with Crippen molar-refractivity contribution in [2.45, 2.75) is 13.0 Å². The number of carbonyl (C=O) groups excluding carboxylic acids is 1. The molecule has 0 spiro atoms. The van der Waals surface area contributed by atoms with Crippen LogP contribution in [0.5, 0.6) is 0 Å². The fraction of sp³-hybridized carbons (Fsp3) is 0.583. The Morgan fingerprint density at radius 2 is 2.35 bits per heavy atom. The summed E-state index contributed by atoms with van der Waals surface area (Å²) in [5.41, 5.74) is 0. The van der Waals surface area contributed by atoms with E-state index in [1.165, 1.54) is 0 Å². The number of esters is 1. The number of piperazine rings is 1. The maximum absolute atomic E-state index is 12.1. The van der Waals surface area contributed by atoms with Gasteiger partial charge in [-0.05, 0) is 18.4 Å². The van der Waals surface area contributed by atoms with E-state index in [-0.39, 0.29) is 12.0 Å². The Kier molecular flexibility index (Phi) is 4.53. The minimum Gasteiger partial charge on any atom is -0.465 e. The van der Waals surface area contributed by atoms with Crippen LogP contribution in [0.2, 0.25) is 0 Å². The summed E-state index contributed by atoms with van der Waals surface area (Å²) in [6.07, 6.45) is 0. The Hall–Kier alpha value is -0.910. The highest BCUT2D eigenvalue weighted by atomic mass is 32.1. The van der Waals surface area contributed by atoms with Gasteiger partial charge in [-0.2, -0.15) is 0 Å². The van der Waals surface area contributed by atoms with E-state index in [2.05, 4.69) is 10.2 Å². The molecule has 4 nitrogen and oxygen atoms in total. The summed E-state index contributed by atoms with van der Waals surface area (Å²) in [7, 11) is 0. The Morgan fingerprint density at radius 1 is 1.59 bits per heavy atom. The van der Waals surface area contributed by atoms with Crippen LogP contribution in [0.1, 0.15) is 17.8 Å². The van der Waals surface area contributed by atoms with Gasteiger partial charge in [-0.1, -0.05) is 6.07 Å². The van der Waals surface area contributed by atoms with Crippen molar-refractivity contribution >= 4 is 17.3 Å². The van der Waals surface area contributed by atoms with Crippen LogP contribution in [-0.2, 0) is 9.53 Å². The molecule has 94 valence electrons. The lowest BCUT2D eigenvalue weighted by atomic mass is 10.2. The van der Waals surface area contributed by atoms with Crippen molar-refractivity contribution in [3.63, 3.8) is 0 Å². The van der Waals surface area contributed by atoms with E-state index < -0.39 is 0 Å². The zero-order valence-electron chi connectivity index (χ0n) is 10.0. The molecule has 0 aromatic carbocycles. The van der Waals surface area contributed by atoms with Gasteiger partial charge in [-0.15, -0.1) is 11.3 Å². The lowest BCUT2D eigenvalue weighted by Crippen LogP contribution is -2.47. The second-order valence-corrected chi connectivity index (χ2v) is 4.94. The van der Waals surface area contributed by atoms with Crippen molar-refractivity contribution in [3.05, 3.63) is 22.4 Å². The molecule has 1 aromatic heterocycles. The Balaban J connectivity index is 2.14. The molecule has 1 aliphatic rings. The Bertz CT molecular complexity index is 347. The Morgan fingerprint density at radius 3 is 2.94 bits per heavy atom. The van der Waals surface area contributed by atoms with Crippen LogP contribution < -0.4 is 5.32 Å². The van der Waals surface area contributed by atoms with Crippen molar-refractivity contribution in [3.8, 4) is 0 Å². The molecule has 5 heteroatoms. The van der Waals surface area contributed by atoms with E-state index in [4.69, 9.17) is 4.74 Å². The molecule has 1 fully saturated rings. The van der Waals surface area contributed by atoms with Crippen LogP contribution >= 0.6 is 11.3 Å². The standard InChI is InChI=1S/C12H18N2O2S/c1-2-16-12(15)11(10-4-3-9-17-10)14-7-5-13-6-8-14/h3-4,9,11,13H,2,5-8H2,1H3. The predicted molar refractivity (Wildman–Crippen MR) is 68.1 cm³/mol. The van der Waals surface area contributed by atoms with Crippen molar-refractivity contribution < 1.29 is 9.53 Å². The highest BCUT2D eigenvalue weighted by Crippen LogP contribution is 2.26. The van der Waals surface area contributed by atoms with E-state index in [1.54, 1.807) is 11.3 Å². The molecule has 0 amide bonds. The summed E-state index contributed by atoms with van der Waals surface area (Å²) >= 11 is 1.62. The van der Waals surface area contributed by atoms with Gasteiger partial charge in [-0.25, -0.2) is 4.79 Å². The molecule has 1 unspecified atom stereocenters. The quantitative estimate of drug-likeness (QED) is 0.821. The van der Waals surface area contributed by atoms with Crippen LogP contribution in [0.3, 0.4) is 0 Å². The van der Waals surface area contributed by atoms with Gasteiger partial charge in [-0.3, -0.25) is 4.90 Å². The molecular formula is C12H18N2O2S. The molecule has 1 atom stereocenters. The van der Waals surface area contributed by atoms with Crippen molar-refractivity contribution in [2.24, 2.45) is 0 Å². The first-order valence-electron chi connectivity index (χ1n) is 5.97. The van der Waals surface area contributed by atoms with Crippen molar-refractivity contribution in [2.75, 3.05) is 32.8 Å². The molecule has 0 bridgehead atoms. The summed E-state index contributed by atoms with van der Waals surface area (Å²) in [6, 6.07) is 3.76. The maximum Gasteiger partial charge on any atom is 0.328 e. The van der Waals surface area contributed by atoms with E-state index >= 15 is 0 Å². The van der Waals surface area contributed by atoms with Crippen LogP contribution in [-0.4, -0.2) is 43.7 Å². The third-order valence-electron chi connectivity index (χ3n) is 2.84. The van der Waals surface area contributed by atoms with Crippen LogP contribution in [0.4, 0.5) is 0 Å². The molecule has 2 rings (SSSR count). The predicted octanol–water partition coefficient (Wildman–Crippen LogP) is 1.26. The summed E-state index contributed by atoms with van der Waals surface area (Å²) in [6.45, 7) is 5.93. The molecule has 17 heavy (non-hydrogen) atoms. The number of ether oxygens (including phenoxy) is 1. The third kappa shape index (κ3) is 3.06. The number of nitrogens with zero attached hydrogens (tertiary/aromatic N) is 1. The van der Waals surface area contributed by atoms with Crippen molar-refractivity contribution in [1.29, 1.82) is 0 Å². The highest BCUT2D eigenvalue weighted by Gasteiger charge is 2.30. The second kappa shape index (κ2) is 6.14. The number of nitrogens with one attached hydrogen (secondary N) is 1. The number of hydrogen-bond acceptors (Lipinski definition) is 5. The SMILES string of the molecule is CCOC(=O)C(c1cccs1)N1CCNCC1. The van der Waals surface area contributed by atoms with Crippen LogP contribution in [0.25, 0.3) is 0 Å². The van der Waals surface area contributed by atoms with Gasteiger partial charge in [0.05, 0.1) is 6.61 Å². The van der Waals surface area contributed by atoms with Gasteiger partial charge in [0.1, 0.15) is 6.04 Å². The molecule has 1 N–H and O–H groups in total. The largest absolute Gasteiger partial charge is 0.465 e. The first-order chi connectivity index (χ1) is 8.33. The minimum absolute atomic E-state index is 0.128. The van der Waals surface area contributed by atoms with Gasteiger partial charge in [0.15, 0.2) is 0 Å². The zero-order chi connectivity index (χ0) is 12.1. The molecule has 2 heterocycles. The van der Waals surface area contributed by atoms with E-state index in [9.17, 15) is 4.79 Å². The van der Waals surface area contributed by atoms with Gasteiger partial charge in [0, 0.05) is 31.1 Å². The Labute approximate surface area is 106 Å². The number of thiophene rings is 1. The molecule has 0 aliphatic carbocycles. The summed E-state index contributed by atoms with van der Waals surface area (Å²) < 4.78 is 5.19. The first-order valence-corrected chi connectivity index (χ1v) is 6.85. The van der Waals surface area contributed by atoms with Gasteiger partial charge in [0.2, 0.25) is 0 Å². The molecule has 1 aliphatic heterocycles. The molecular weight excluding hydrogens is 236 g/mol. The van der Waals surface area contributed by atoms with Crippen LogP contribution in [0, 0.1) is 0 Å². The molecule has 1 saturated heterocycles. The lowest BCUT2D eigenvalue weighted by molar-refractivity contribution is -0.150. The van der Waals surface area contributed by atoms with Gasteiger partial charge >= 0.3 is 5.97 Å². The summed E-state index contributed by atoms with van der Waals surface area (Å²) in [5, 5.41) is 5.30. The second-order valence-electron chi connectivity index (χ2n) is 3.96. The summed E-state index contributed by atoms with van der Waals surface area (Å²) in [5.74, 6) is -0.128. The molecule has 0 radical (unpaired) electrons. The van der Waals surface area contributed by atoms with Crippen molar-refractivity contribution in [1.82, 2.24) is 10.2 Å². The smallest absolute Gasteiger partial charge is 0.328 e. The highest BCUT2D eigenvalue weighted by molar-refractivity contribution is 7.10. The normalized spacial score (nSPS) is 18.9. The molecule has 1 aromatic rings. The molecule has 0 saturated carbocycles. The minimum atomic E-state index is -0.225.